The Bertz CT molecular complexity index is 1010. The van der Waals surface area contributed by atoms with Crippen molar-refractivity contribution in [2.75, 3.05) is 0 Å². The van der Waals surface area contributed by atoms with Crippen LogP contribution in [-0.2, 0) is 0 Å². The first-order chi connectivity index (χ1) is 11.6. The average molecular weight is 335 g/mol. The maximum Gasteiger partial charge on any atom is 0.270 e. The smallest absolute Gasteiger partial charge is 0.258 e. The summed E-state index contributed by atoms with van der Waals surface area (Å²) in [6.07, 6.45) is 3.56. The lowest BCUT2D eigenvalue weighted by Crippen LogP contribution is -1.90. The molecule has 0 saturated heterocycles. The van der Waals surface area contributed by atoms with Crippen molar-refractivity contribution in [1.82, 2.24) is 4.98 Å². The molecule has 1 aromatic heterocycles. The molecule has 0 atom stereocenters. The lowest BCUT2D eigenvalue weighted by Gasteiger charge is -2.04. The number of fused-ring (bicyclic) bond motifs is 3. The number of nitro benzene ring substituents is 1. The first-order valence-corrected chi connectivity index (χ1v) is 7.74. The van der Waals surface area contributed by atoms with Gasteiger partial charge in [-0.1, -0.05) is 41.9 Å². The number of benzene rings is 2. The zero-order valence-corrected chi connectivity index (χ0v) is 13.2. The van der Waals surface area contributed by atoms with E-state index in [0.29, 0.717) is 5.15 Å². The van der Waals surface area contributed by atoms with Crippen LogP contribution < -0.4 is 0 Å². The number of nitro groups is 1. The first kappa shape index (κ1) is 14.6. The fourth-order valence-corrected chi connectivity index (χ4v) is 3.19. The number of nitrogens with zero attached hydrogens (tertiary/aromatic N) is 2. The highest BCUT2D eigenvalue weighted by atomic mass is 35.5. The Balaban J connectivity index is 1.99. The molecule has 0 spiro atoms. The van der Waals surface area contributed by atoms with Crippen LogP contribution in [0, 0.1) is 10.1 Å². The van der Waals surface area contributed by atoms with Crippen LogP contribution >= 0.6 is 11.6 Å². The fourth-order valence-electron chi connectivity index (χ4n) is 3.02. The minimum Gasteiger partial charge on any atom is -0.258 e. The summed E-state index contributed by atoms with van der Waals surface area (Å²) in [7, 11) is 0. The van der Waals surface area contributed by atoms with Gasteiger partial charge in [-0.05, 0) is 46.0 Å². The van der Waals surface area contributed by atoms with Crippen molar-refractivity contribution in [3.63, 3.8) is 0 Å². The maximum absolute atomic E-state index is 11.1. The molecular formula is C19H11ClN2O2. The third kappa shape index (κ3) is 2.28. The molecule has 0 bridgehead atoms. The number of pyridine rings is 1. The molecule has 2 aromatic carbocycles. The van der Waals surface area contributed by atoms with Gasteiger partial charge in [-0.2, -0.15) is 0 Å². The van der Waals surface area contributed by atoms with Gasteiger partial charge in [0.2, 0.25) is 0 Å². The van der Waals surface area contributed by atoms with E-state index in [-0.39, 0.29) is 10.6 Å². The van der Waals surface area contributed by atoms with Gasteiger partial charge in [0, 0.05) is 23.9 Å². The molecule has 0 aliphatic heterocycles. The van der Waals surface area contributed by atoms with E-state index in [1.54, 1.807) is 18.3 Å². The lowest BCUT2D eigenvalue weighted by atomic mass is 10.0. The number of halogens is 1. The summed E-state index contributed by atoms with van der Waals surface area (Å²) in [6, 6.07) is 16.6. The highest BCUT2D eigenvalue weighted by Gasteiger charge is 2.25. The lowest BCUT2D eigenvalue weighted by molar-refractivity contribution is -0.384. The maximum atomic E-state index is 11.1. The second-order valence-electron chi connectivity index (χ2n) is 5.47. The minimum absolute atomic E-state index is 0.0738. The van der Waals surface area contributed by atoms with Crippen LogP contribution in [0.2, 0.25) is 5.15 Å². The Labute approximate surface area is 143 Å². The summed E-state index contributed by atoms with van der Waals surface area (Å²) in [5, 5.41) is 11.6. The second-order valence-corrected chi connectivity index (χ2v) is 5.83. The van der Waals surface area contributed by atoms with Crippen molar-refractivity contribution in [3.05, 3.63) is 92.8 Å². The predicted octanol–water partition coefficient (Wildman–Crippen LogP) is 5.21. The van der Waals surface area contributed by atoms with Gasteiger partial charge >= 0.3 is 0 Å². The van der Waals surface area contributed by atoms with E-state index < -0.39 is 0 Å². The number of hydrogen-bond donors (Lipinski definition) is 0. The first-order valence-electron chi connectivity index (χ1n) is 7.36. The zero-order valence-electron chi connectivity index (χ0n) is 12.4. The summed E-state index contributed by atoms with van der Waals surface area (Å²) in [5.41, 5.74) is 5.70. The molecule has 1 aliphatic carbocycles. The van der Waals surface area contributed by atoms with E-state index in [9.17, 15) is 10.1 Å². The van der Waals surface area contributed by atoms with E-state index >= 15 is 0 Å². The van der Waals surface area contributed by atoms with Crippen molar-refractivity contribution in [1.29, 1.82) is 0 Å². The molecule has 24 heavy (non-hydrogen) atoms. The number of rotatable bonds is 2. The van der Waals surface area contributed by atoms with E-state index in [1.165, 1.54) is 6.07 Å². The topological polar surface area (TPSA) is 56.0 Å². The highest BCUT2D eigenvalue weighted by Crippen LogP contribution is 2.46. The van der Waals surface area contributed by atoms with Gasteiger partial charge in [0.25, 0.3) is 5.69 Å². The van der Waals surface area contributed by atoms with Gasteiger partial charge in [0.1, 0.15) is 5.15 Å². The average Bonchev–Trinajstić information content (AvgIpc) is 2.90. The monoisotopic (exact) mass is 334 g/mol. The van der Waals surface area contributed by atoms with Crippen molar-refractivity contribution in [2.45, 2.75) is 0 Å². The molecule has 116 valence electrons. The van der Waals surface area contributed by atoms with Crippen LogP contribution in [0.4, 0.5) is 5.69 Å². The fraction of sp³-hybridized carbons (Fsp3) is 0. The molecule has 1 aliphatic rings. The molecule has 0 radical (unpaired) electrons. The molecule has 0 unspecified atom stereocenters. The molecule has 0 fully saturated rings. The molecular weight excluding hydrogens is 324 g/mol. The predicted molar refractivity (Wildman–Crippen MR) is 94.8 cm³/mol. The Morgan fingerprint density at radius 3 is 2.46 bits per heavy atom. The van der Waals surface area contributed by atoms with Crippen molar-refractivity contribution in [2.24, 2.45) is 0 Å². The zero-order chi connectivity index (χ0) is 16.7. The van der Waals surface area contributed by atoms with E-state index in [1.807, 2.05) is 42.5 Å². The second kappa shape index (κ2) is 5.58. The van der Waals surface area contributed by atoms with Crippen LogP contribution in [0.3, 0.4) is 0 Å². The number of aromatic nitrogens is 1. The third-order valence-electron chi connectivity index (χ3n) is 4.10. The summed E-state index contributed by atoms with van der Waals surface area (Å²) in [6.45, 7) is 0. The Morgan fingerprint density at radius 1 is 0.958 bits per heavy atom. The normalized spacial score (nSPS) is 13.6. The van der Waals surface area contributed by atoms with E-state index in [2.05, 4.69) is 4.98 Å². The molecule has 1 heterocycles. The largest absolute Gasteiger partial charge is 0.270 e. The van der Waals surface area contributed by atoms with Crippen LogP contribution in [0.1, 0.15) is 16.7 Å². The molecule has 0 N–H and O–H groups in total. The van der Waals surface area contributed by atoms with Crippen LogP contribution in [0.15, 0.2) is 60.8 Å². The SMILES string of the molecule is O=[N+]([O-])c1ccc2c(c1)C(=Cc1cccnc1Cl)c1ccccc1-2. The Hall–Kier alpha value is -2.98. The van der Waals surface area contributed by atoms with Gasteiger partial charge in [-0.3, -0.25) is 10.1 Å². The molecule has 5 heteroatoms. The van der Waals surface area contributed by atoms with Gasteiger partial charge in [-0.25, -0.2) is 4.98 Å². The highest BCUT2D eigenvalue weighted by molar-refractivity contribution is 6.31. The quantitative estimate of drug-likeness (QED) is 0.287. The van der Waals surface area contributed by atoms with Crippen LogP contribution in [0.25, 0.3) is 22.8 Å². The van der Waals surface area contributed by atoms with Gasteiger partial charge in [0.05, 0.1) is 4.92 Å². The Kier molecular flexibility index (Phi) is 3.40. The summed E-state index contributed by atoms with van der Waals surface area (Å²) >= 11 is 6.17. The number of non-ortho nitro benzene ring substituents is 1. The number of hydrogen-bond acceptors (Lipinski definition) is 3. The van der Waals surface area contributed by atoms with Gasteiger partial charge in [0.15, 0.2) is 0 Å². The molecule has 0 amide bonds. The molecule has 4 nitrogen and oxygen atoms in total. The van der Waals surface area contributed by atoms with E-state index in [0.717, 1.165) is 33.4 Å². The van der Waals surface area contributed by atoms with Crippen LogP contribution in [-0.4, -0.2) is 9.91 Å². The van der Waals surface area contributed by atoms with Crippen molar-refractivity contribution < 1.29 is 4.92 Å². The summed E-state index contributed by atoms with van der Waals surface area (Å²) < 4.78 is 0. The summed E-state index contributed by atoms with van der Waals surface area (Å²) in [5.74, 6) is 0. The van der Waals surface area contributed by atoms with Crippen molar-refractivity contribution in [3.8, 4) is 11.1 Å². The van der Waals surface area contributed by atoms with E-state index in [4.69, 9.17) is 11.6 Å². The third-order valence-corrected chi connectivity index (χ3v) is 4.42. The summed E-state index contributed by atoms with van der Waals surface area (Å²) in [4.78, 5) is 14.9. The minimum atomic E-state index is -0.377. The Morgan fingerprint density at radius 2 is 1.71 bits per heavy atom. The molecule has 4 rings (SSSR count). The standard InChI is InChI=1S/C19H11ClN2O2/c20-19-12(4-3-9-21-19)10-17-15-6-2-1-5-14(15)16-8-7-13(22(23)24)11-18(16)17/h1-11H. The van der Waals surface area contributed by atoms with Crippen molar-refractivity contribution >= 4 is 28.9 Å². The molecule has 0 saturated carbocycles. The van der Waals surface area contributed by atoms with Gasteiger partial charge in [-0.15, -0.1) is 0 Å². The molecule has 3 aromatic rings. The van der Waals surface area contributed by atoms with Gasteiger partial charge < -0.3 is 0 Å². The van der Waals surface area contributed by atoms with Crippen LogP contribution in [0.5, 0.6) is 0 Å².